The number of amides is 1. The molecule has 1 amide bonds. The zero-order valence-corrected chi connectivity index (χ0v) is 17.5. The Bertz CT molecular complexity index is 786. The van der Waals surface area contributed by atoms with Crippen molar-refractivity contribution in [2.75, 3.05) is 49.9 Å². The molecule has 3 rings (SSSR count). The van der Waals surface area contributed by atoms with Gasteiger partial charge in [0.05, 0.1) is 11.7 Å². The summed E-state index contributed by atoms with van der Waals surface area (Å²) in [6.45, 7) is 9.84. The molecule has 0 spiro atoms. The average molecular weight is 394 g/mol. The maximum Gasteiger partial charge on any atom is 0.227 e. The third-order valence-corrected chi connectivity index (χ3v) is 7.85. The fraction of sp³-hybridized carbons (Fsp3) is 0.650. The van der Waals surface area contributed by atoms with E-state index >= 15 is 0 Å². The van der Waals surface area contributed by atoms with E-state index in [2.05, 4.69) is 36.9 Å². The van der Waals surface area contributed by atoms with Gasteiger partial charge in [-0.1, -0.05) is 12.1 Å². The van der Waals surface area contributed by atoms with Crippen LogP contribution in [0.4, 0.5) is 5.69 Å². The molecule has 0 saturated carbocycles. The van der Waals surface area contributed by atoms with E-state index < -0.39 is 10.0 Å². The topological polar surface area (TPSA) is 60.9 Å². The zero-order chi connectivity index (χ0) is 19.6. The molecule has 2 saturated heterocycles. The number of aryl methyl sites for hydroxylation is 1. The second-order valence-corrected chi connectivity index (χ2v) is 9.89. The van der Waals surface area contributed by atoms with Gasteiger partial charge in [-0.3, -0.25) is 4.79 Å². The highest BCUT2D eigenvalue weighted by molar-refractivity contribution is 7.89. The van der Waals surface area contributed by atoms with Crippen molar-refractivity contribution in [3.8, 4) is 0 Å². The van der Waals surface area contributed by atoms with E-state index in [0.29, 0.717) is 26.2 Å². The molecule has 6 nitrogen and oxygen atoms in total. The van der Waals surface area contributed by atoms with E-state index in [1.807, 2.05) is 4.90 Å². The van der Waals surface area contributed by atoms with Crippen molar-refractivity contribution in [1.29, 1.82) is 0 Å². The molecule has 0 bridgehead atoms. The van der Waals surface area contributed by atoms with Crippen LogP contribution in [-0.4, -0.2) is 68.6 Å². The minimum Gasteiger partial charge on any atom is -0.368 e. The lowest BCUT2D eigenvalue weighted by molar-refractivity contribution is -0.137. The summed E-state index contributed by atoms with van der Waals surface area (Å²) in [5.41, 5.74) is 3.83. The summed E-state index contributed by atoms with van der Waals surface area (Å²) in [6.07, 6.45) is 1.55. The van der Waals surface area contributed by atoms with Crippen LogP contribution < -0.4 is 4.90 Å². The van der Waals surface area contributed by atoms with Crippen LogP contribution in [0.15, 0.2) is 18.2 Å². The highest BCUT2D eigenvalue weighted by Crippen LogP contribution is 2.26. The first-order valence-electron chi connectivity index (χ1n) is 9.91. The highest BCUT2D eigenvalue weighted by Gasteiger charge is 2.34. The first-order valence-corrected chi connectivity index (χ1v) is 11.5. The Morgan fingerprint density at radius 1 is 1.11 bits per heavy atom. The van der Waals surface area contributed by atoms with Crippen molar-refractivity contribution in [2.45, 2.75) is 33.6 Å². The second kappa shape index (κ2) is 8.19. The van der Waals surface area contributed by atoms with Gasteiger partial charge in [0, 0.05) is 45.0 Å². The number of piperidine rings is 1. The molecule has 2 heterocycles. The summed E-state index contributed by atoms with van der Waals surface area (Å²) in [6, 6.07) is 6.35. The van der Waals surface area contributed by atoms with Gasteiger partial charge in [-0.25, -0.2) is 12.7 Å². The summed E-state index contributed by atoms with van der Waals surface area (Å²) < 4.78 is 25.8. The molecule has 0 N–H and O–H groups in total. The van der Waals surface area contributed by atoms with E-state index in [9.17, 15) is 13.2 Å². The minimum absolute atomic E-state index is 0.0996. The Kier molecular flexibility index (Phi) is 6.11. The van der Waals surface area contributed by atoms with Crippen LogP contribution >= 0.6 is 0 Å². The van der Waals surface area contributed by atoms with Crippen LogP contribution in [0, 0.1) is 19.8 Å². The maximum atomic E-state index is 13.0. The molecule has 2 aliphatic rings. The smallest absolute Gasteiger partial charge is 0.227 e. The van der Waals surface area contributed by atoms with E-state index in [1.54, 1.807) is 6.92 Å². The van der Waals surface area contributed by atoms with Gasteiger partial charge in [0.2, 0.25) is 15.9 Å². The fourth-order valence-electron chi connectivity index (χ4n) is 4.08. The standard InChI is InChI=1S/C20H31N3O3S/c1-4-27(25,26)23-10-6-8-18(15-23)20(24)22-13-11-21(12-14-22)19-9-5-7-16(2)17(19)3/h5,7,9,18H,4,6,8,10-15H2,1-3H3/t18-/m1/s1. The maximum absolute atomic E-state index is 13.0. The molecule has 0 aliphatic carbocycles. The fourth-order valence-corrected chi connectivity index (χ4v) is 5.26. The molecule has 1 aromatic carbocycles. The number of benzene rings is 1. The predicted molar refractivity (Wildman–Crippen MR) is 108 cm³/mol. The predicted octanol–water partition coefficient (Wildman–Crippen LogP) is 2.01. The zero-order valence-electron chi connectivity index (χ0n) is 16.6. The number of piperazine rings is 1. The number of anilines is 1. The molecule has 1 aromatic rings. The number of nitrogens with zero attached hydrogens (tertiary/aromatic N) is 3. The molecule has 27 heavy (non-hydrogen) atoms. The molecule has 0 unspecified atom stereocenters. The number of hydrogen-bond acceptors (Lipinski definition) is 4. The largest absolute Gasteiger partial charge is 0.368 e. The van der Waals surface area contributed by atoms with Gasteiger partial charge in [0.15, 0.2) is 0 Å². The van der Waals surface area contributed by atoms with Crippen LogP contribution in [0.25, 0.3) is 0 Å². The van der Waals surface area contributed by atoms with Crippen molar-refractivity contribution in [3.63, 3.8) is 0 Å². The molecule has 7 heteroatoms. The molecule has 1 atom stereocenters. The van der Waals surface area contributed by atoms with Gasteiger partial charge in [0.1, 0.15) is 0 Å². The normalized spacial score (nSPS) is 22.1. The number of carbonyl (C=O) groups excluding carboxylic acids is 1. The monoisotopic (exact) mass is 393 g/mol. The van der Waals surface area contributed by atoms with E-state index in [-0.39, 0.29) is 17.6 Å². The average Bonchev–Trinajstić information content (AvgIpc) is 2.70. The molecule has 0 aromatic heterocycles. The SMILES string of the molecule is CCS(=O)(=O)N1CCC[C@@H](C(=O)N2CCN(c3cccc(C)c3C)CC2)C1. The quantitative estimate of drug-likeness (QED) is 0.785. The van der Waals surface area contributed by atoms with Crippen molar-refractivity contribution in [2.24, 2.45) is 5.92 Å². The number of rotatable bonds is 4. The summed E-state index contributed by atoms with van der Waals surface area (Å²) >= 11 is 0. The van der Waals surface area contributed by atoms with Gasteiger partial charge in [-0.2, -0.15) is 0 Å². The summed E-state index contributed by atoms with van der Waals surface area (Å²) in [5, 5.41) is 0. The van der Waals surface area contributed by atoms with E-state index in [0.717, 1.165) is 25.9 Å². The Balaban J connectivity index is 1.61. The first kappa shape index (κ1) is 20.1. The highest BCUT2D eigenvalue weighted by atomic mass is 32.2. The summed E-state index contributed by atoms with van der Waals surface area (Å²) in [4.78, 5) is 17.2. The molecular weight excluding hydrogens is 362 g/mol. The molecule has 2 fully saturated rings. The Hall–Kier alpha value is -1.60. The summed E-state index contributed by atoms with van der Waals surface area (Å²) in [7, 11) is -3.22. The van der Waals surface area contributed by atoms with Gasteiger partial charge >= 0.3 is 0 Å². The van der Waals surface area contributed by atoms with Crippen LogP contribution in [0.3, 0.4) is 0 Å². The summed E-state index contributed by atoms with van der Waals surface area (Å²) in [5.74, 6) is 0.0153. The lowest BCUT2D eigenvalue weighted by Crippen LogP contribution is -2.53. The number of carbonyl (C=O) groups is 1. The minimum atomic E-state index is -3.22. The van der Waals surface area contributed by atoms with Crippen molar-refractivity contribution < 1.29 is 13.2 Å². The third-order valence-electron chi connectivity index (χ3n) is 6.00. The Morgan fingerprint density at radius 3 is 2.48 bits per heavy atom. The van der Waals surface area contributed by atoms with Crippen molar-refractivity contribution in [1.82, 2.24) is 9.21 Å². The van der Waals surface area contributed by atoms with E-state index in [1.165, 1.54) is 21.1 Å². The second-order valence-electron chi connectivity index (χ2n) is 7.63. The number of hydrogen-bond donors (Lipinski definition) is 0. The van der Waals surface area contributed by atoms with Crippen LogP contribution in [0.5, 0.6) is 0 Å². The Labute approximate surface area is 163 Å². The first-order chi connectivity index (χ1) is 12.8. The van der Waals surface area contributed by atoms with Crippen LogP contribution in [0.1, 0.15) is 30.9 Å². The lowest BCUT2D eigenvalue weighted by Gasteiger charge is -2.40. The third kappa shape index (κ3) is 4.29. The van der Waals surface area contributed by atoms with Gasteiger partial charge in [-0.05, 0) is 50.8 Å². The molecule has 2 aliphatic heterocycles. The van der Waals surface area contributed by atoms with Gasteiger partial charge in [-0.15, -0.1) is 0 Å². The molecule has 0 radical (unpaired) electrons. The van der Waals surface area contributed by atoms with Crippen molar-refractivity contribution >= 4 is 21.6 Å². The van der Waals surface area contributed by atoms with Crippen LogP contribution in [-0.2, 0) is 14.8 Å². The van der Waals surface area contributed by atoms with Crippen molar-refractivity contribution in [3.05, 3.63) is 29.3 Å². The number of sulfonamides is 1. The van der Waals surface area contributed by atoms with Gasteiger partial charge in [0.25, 0.3) is 0 Å². The molecule has 150 valence electrons. The Morgan fingerprint density at radius 2 is 1.81 bits per heavy atom. The van der Waals surface area contributed by atoms with E-state index in [4.69, 9.17) is 0 Å². The van der Waals surface area contributed by atoms with Gasteiger partial charge < -0.3 is 9.80 Å². The van der Waals surface area contributed by atoms with Crippen LogP contribution in [0.2, 0.25) is 0 Å². The lowest BCUT2D eigenvalue weighted by atomic mass is 9.97. The molecular formula is C20H31N3O3S.